The van der Waals surface area contributed by atoms with Gasteiger partial charge in [-0.2, -0.15) is 0 Å². The van der Waals surface area contributed by atoms with Gasteiger partial charge in [-0.05, 0) is 61.7 Å². The molecule has 0 saturated heterocycles. The van der Waals surface area contributed by atoms with Gasteiger partial charge in [-0.25, -0.2) is 8.78 Å². The summed E-state index contributed by atoms with van der Waals surface area (Å²) in [7, 11) is 0. The van der Waals surface area contributed by atoms with Gasteiger partial charge in [0.25, 0.3) is 5.91 Å². The lowest BCUT2D eigenvalue weighted by atomic mass is 10.0. The Hall–Kier alpha value is -2.47. The van der Waals surface area contributed by atoms with Gasteiger partial charge in [0.1, 0.15) is 11.6 Å². The van der Waals surface area contributed by atoms with Crippen LogP contribution in [0.1, 0.15) is 29.6 Å². The Morgan fingerprint density at radius 1 is 1.16 bits per heavy atom. The van der Waals surface area contributed by atoms with Gasteiger partial charge in [0.15, 0.2) is 11.6 Å². The Balaban J connectivity index is 1.64. The molecule has 1 aliphatic rings. The van der Waals surface area contributed by atoms with Crippen LogP contribution in [-0.2, 0) is 0 Å². The molecule has 0 heterocycles. The first kappa shape index (κ1) is 17.4. The number of hydrogen-bond donors (Lipinski definition) is 2. The van der Waals surface area contributed by atoms with Crippen LogP contribution in [0.3, 0.4) is 0 Å². The van der Waals surface area contributed by atoms with Gasteiger partial charge in [-0.3, -0.25) is 4.79 Å². The number of amides is 1. The van der Waals surface area contributed by atoms with Crippen molar-refractivity contribution in [3.63, 3.8) is 0 Å². The van der Waals surface area contributed by atoms with E-state index in [1.165, 1.54) is 6.07 Å². The van der Waals surface area contributed by atoms with E-state index in [1.54, 1.807) is 24.3 Å². The Bertz CT molecular complexity index is 750. The minimum atomic E-state index is -0.782. The minimum absolute atomic E-state index is 0.0738. The molecule has 0 aromatic heterocycles. The Labute approximate surface area is 145 Å². The fourth-order valence-corrected chi connectivity index (χ4v) is 3.12. The molecule has 2 unspecified atom stereocenters. The molecule has 1 fully saturated rings. The molecule has 2 aromatic carbocycles. The molecular formula is C19H20F2N2O2. The summed E-state index contributed by atoms with van der Waals surface area (Å²) < 4.78 is 31.9. The molecule has 4 nitrogen and oxygen atoms in total. The fraction of sp³-hybridized carbons (Fsp3) is 0.316. The van der Waals surface area contributed by atoms with Crippen molar-refractivity contribution in [2.45, 2.75) is 25.3 Å². The van der Waals surface area contributed by atoms with Gasteiger partial charge in [0.05, 0.1) is 0 Å². The summed E-state index contributed by atoms with van der Waals surface area (Å²) in [6, 6.07) is 9.58. The third-order valence-corrected chi connectivity index (χ3v) is 4.52. The zero-order valence-corrected chi connectivity index (χ0v) is 13.7. The zero-order chi connectivity index (χ0) is 17.8. The van der Waals surface area contributed by atoms with Gasteiger partial charge in [0, 0.05) is 17.7 Å². The third-order valence-electron chi connectivity index (χ3n) is 4.52. The van der Waals surface area contributed by atoms with Crippen molar-refractivity contribution in [1.82, 2.24) is 5.32 Å². The fourth-order valence-electron chi connectivity index (χ4n) is 3.12. The van der Waals surface area contributed by atoms with E-state index in [4.69, 9.17) is 10.5 Å². The highest BCUT2D eigenvalue weighted by Gasteiger charge is 2.27. The summed E-state index contributed by atoms with van der Waals surface area (Å²) in [6.45, 7) is 0.570. The molecule has 3 rings (SSSR count). The number of rotatable bonds is 5. The van der Waals surface area contributed by atoms with Gasteiger partial charge in [-0.1, -0.05) is 6.42 Å². The van der Waals surface area contributed by atoms with Crippen LogP contribution in [0.15, 0.2) is 42.5 Å². The predicted octanol–water partition coefficient (Wildman–Crippen LogP) is 3.61. The molecule has 132 valence electrons. The standard InChI is InChI=1S/C19H20F2N2O2/c20-14-6-9-18(16(21)10-14)25-15-7-4-12(5-8-15)19(24)23-17-3-1-2-13(17)11-22/h4-10,13,17H,1-3,11,22H2,(H,23,24). The van der Waals surface area contributed by atoms with E-state index in [0.717, 1.165) is 31.4 Å². The average molecular weight is 346 g/mol. The minimum Gasteiger partial charge on any atom is -0.454 e. The van der Waals surface area contributed by atoms with E-state index >= 15 is 0 Å². The first-order valence-electron chi connectivity index (χ1n) is 8.30. The van der Waals surface area contributed by atoms with Crippen molar-refractivity contribution >= 4 is 5.91 Å². The van der Waals surface area contributed by atoms with Gasteiger partial charge >= 0.3 is 0 Å². The monoisotopic (exact) mass is 346 g/mol. The summed E-state index contributed by atoms with van der Waals surface area (Å²) in [5.41, 5.74) is 6.23. The third kappa shape index (κ3) is 4.14. The van der Waals surface area contributed by atoms with Gasteiger partial charge < -0.3 is 15.8 Å². The molecule has 6 heteroatoms. The molecule has 1 saturated carbocycles. The number of carbonyl (C=O) groups is 1. The highest BCUT2D eigenvalue weighted by molar-refractivity contribution is 5.94. The van der Waals surface area contributed by atoms with E-state index in [2.05, 4.69) is 5.32 Å². The van der Waals surface area contributed by atoms with Crippen LogP contribution in [0.2, 0.25) is 0 Å². The van der Waals surface area contributed by atoms with E-state index in [9.17, 15) is 13.6 Å². The predicted molar refractivity (Wildman–Crippen MR) is 90.5 cm³/mol. The molecular weight excluding hydrogens is 326 g/mol. The Morgan fingerprint density at radius 3 is 2.60 bits per heavy atom. The van der Waals surface area contributed by atoms with Crippen LogP contribution in [0.4, 0.5) is 8.78 Å². The summed E-state index contributed by atoms with van der Waals surface area (Å²) in [5, 5.41) is 3.02. The second-order valence-electron chi connectivity index (χ2n) is 6.21. The molecule has 2 aromatic rings. The maximum absolute atomic E-state index is 13.6. The van der Waals surface area contributed by atoms with Crippen LogP contribution >= 0.6 is 0 Å². The van der Waals surface area contributed by atoms with E-state index < -0.39 is 11.6 Å². The molecule has 0 radical (unpaired) electrons. The maximum atomic E-state index is 13.6. The normalized spacial score (nSPS) is 19.6. The quantitative estimate of drug-likeness (QED) is 0.869. The van der Waals surface area contributed by atoms with Crippen molar-refractivity contribution in [3.8, 4) is 11.5 Å². The number of halogens is 2. The highest BCUT2D eigenvalue weighted by atomic mass is 19.1. The van der Waals surface area contributed by atoms with Crippen molar-refractivity contribution in [2.75, 3.05) is 6.54 Å². The van der Waals surface area contributed by atoms with Crippen LogP contribution in [0.5, 0.6) is 11.5 Å². The molecule has 2 atom stereocenters. The largest absolute Gasteiger partial charge is 0.454 e. The SMILES string of the molecule is NCC1CCCC1NC(=O)c1ccc(Oc2ccc(F)cc2F)cc1. The summed E-state index contributed by atoms with van der Waals surface area (Å²) in [4.78, 5) is 12.3. The molecule has 1 amide bonds. The topological polar surface area (TPSA) is 64.3 Å². The van der Waals surface area contributed by atoms with Crippen LogP contribution < -0.4 is 15.8 Å². The first-order chi connectivity index (χ1) is 12.1. The van der Waals surface area contributed by atoms with E-state index in [-0.39, 0.29) is 17.7 Å². The molecule has 1 aliphatic carbocycles. The molecule has 25 heavy (non-hydrogen) atoms. The average Bonchev–Trinajstić information content (AvgIpc) is 3.05. The summed E-state index contributed by atoms with van der Waals surface area (Å²) in [6.07, 6.45) is 3.05. The first-order valence-corrected chi connectivity index (χ1v) is 8.30. The second kappa shape index (κ2) is 7.61. The summed E-state index contributed by atoms with van der Waals surface area (Å²) in [5.74, 6) is -0.994. The van der Waals surface area contributed by atoms with Crippen molar-refractivity contribution in [3.05, 3.63) is 59.7 Å². The molecule has 3 N–H and O–H groups in total. The molecule has 0 spiro atoms. The van der Waals surface area contributed by atoms with Gasteiger partial charge in [-0.15, -0.1) is 0 Å². The molecule has 0 aliphatic heterocycles. The van der Waals surface area contributed by atoms with Crippen molar-refractivity contribution < 1.29 is 18.3 Å². The highest BCUT2D eigenvalue weighted by Crippen LogP contribution is 2.26. The number of hydrogen-bond acceptors (Lipinski definition) is 3. The number of nitrogens with two attached hydrogens (primary N) is 1. The smallest absolute Gasteiger partial charge is 0.251 e. The Kier molecular flexibility index (Phi) is 5.28. The lowest BCUT2D eigenvalue weighted by Crippen LogP contribution is -2.39. The van der Waals surface area contributed by atoms with Gasteiger partial charge in [0.2, 0.25) is 0 Å². The zero-order valence-electron chi connectivity index (χ0n) is 13.7. The molecule has 0 bridgehead atoms. The Morgan fingerprint density at radius 2 is 1.92 bits per heavy atom. The van der Waals surface area contributed by atoms with Crippen molar-refractivity contribution in [2.24, 2.45) is 11.7 Å². The number of nitrogens with one attached hydrogen (secondary N) is 1. The van der Waals surface area contributed by atoms with E-state index in [0.29, 0.717) is 23.8 Å². The second-order valence-corrected chi connectivity index (χ2v) is 6.21. The van der Waals surface area contributed by atoms with Crippen molar-refractivity contribution in [1.29, 1.82) is 0 Å². The van der Waals surface area contributed by atoms with E-state index in [1.807, 2.05) is 0 Å². The van der Waals surface area contributed by atoms with Crippen LogP contribution in [0, 0.1) is 17.6 Å². The maximum Gasteiger partial charge on any atom is 0.251 e. The van der Waals surface area contributed by atoms with Crippen LogP contribution in [0.25, 0.3) is 0 Å². The number of benzene rings is 2. The van der Waals surface area contributed by atoms with Crippen LogP contribution in [-0.4, -0.2) is 18.5 Å². The number of carbonyl (C=O) groups excluding carboxylic acids is 1. The number of ether oxygens (including phenoxy) is 1. The lowest BCUT2D eigenvalue weighted by molar-refractivity contribution is 0.0929. The lowest BCUT2D eigenvalue weighted by Gasteiger charge is -2.19. The summed E-state index contributed by atoms with van der Waals surface area (Å²) >= 11 is 0.